The van der Waals surface area contributed by atoms with Gasteiger partial charge in [0.15, 0.2) is 0 Å². The van der Waals surface area contributed by atoms with E-state index in [4.69, 9.17) is 4.55 Å². The topological polar surface area (TPSA) is 190 Å². The minimum atomic E-state index is -4.61. The van der Waals surface area contributed by atoms with Gasteiger partial charge in [0.05, 0.1) is 33.3 Å². The van der Waals surface area contributed by atoms with E-state index in [-0.39, 0.29) is 34.3 Å². The zero-order chi connectivity index (χ0) is 28.9. The molecule has 0 bridgehead atoms. The lowest BCUT2D eigenvalue weighted by atomic mass is 10.2. The number of nitrogens with zero attached hydrogens (tertiary/aromatic N) is 4. The van der Waals surface area contributed by atoms with Gasteiger partial charge in [-0.25, -0.2) is 0 Å². The highest BCUT2D eigenvalue weighted by molar-refractivity contribution is 7.86. The average Bonchev–Trinajstić information content (AvgIpc) is 2.91. The molecule has 0 aliphatic heterocycles. The van der Waals surface area contributed by atoms with Crippen molar-refractivity contribution in [2.24, 2.45) is 20.5 Å². The zero-order valence-corrected chi connectivity index (χ0v) is 22.5. The summed E-state index contributed by atoms with van der Waals surface area (Å²) in [4.78, 5) is -0.709. The summed E-state index contributed by atoms with van der Waals surface area (Å²) in [6, 6.07) is 20.9. The molecule has 4 aromatic carbocycles. The second kappa shape index (κ2) is 11.7. The van der Waals surface area contributed by atoms with Crippen molar-refractivity contribution in [3.8, 4) is 5.75 Å². The SMILES string of the molecule is Cc1cc(N=Nc2ccc(CNc3ccc(N=Nc4ccc(S(=O)(=O)O)cc4)cc3S(=O)(=O)O)cc2)ccc1O. The van der Waals surface area contributed by atoms with Gasteiger partial charge >= 0.3 is 0 Å². The molecular formula is C26H23N5O7S2. The number of benzene rings is 4. The van der Waals surface area contributed by atoms with Crippen LogP contribution in [0.3, 0.4) is 0 Å². The number of phenolic OH excluding ortho intramolecular Hbond substituents is 1. The van der Waals surface area contributed by atoms with Crippen LogP contribution in [0.15, 0.2) is 115 Å². The lowest BCUT2D eigenvalue weighted by Crippen LogP contribution is -2.06. The third-order valence-electron chi connectivity index (χ3n) is 5.54. The highest BCUT2D eigenvalue weighted by atomic mass is 32.2. The van der Waals surface area contributed by atoms with Gasteiger partial charge < -0.3 is 10.4 Å². The molecule has 206 valence electrons. The van der Waals surface area contributed by atoms with Gasteiger partial charge in [-0.3, -0.25) is 9.11 Å². The Bertz CT molecular complexity index is 1810. The number of anilines is 1. The standard InChI is InChI=1S/C26H23N5O7S2/c1-17-14-21(9-13-25(17)32)30-28-19-4-2-18(3-5-19)16-27-24-12-8-22(15-26(24)40(36,37)38)31-29-20-6-10-23(11-7-20)39(33,34)35/h2-15,27,32H,16H2,1H3,(H,33,34,35)(H,36,37,38). The molecule has 0 atom stereocenters. The number of nitrogens with one attached hydrogen (secondary N) is 1. The summed E-state index contributed by atoms with van der Waals surface area (Å²) in [6.45, 7) is 2.00. The van der Waals surface area contributed by atoms with Crippen molar-refractivity contribution in [2.75, 3.05) is 5.32 Å². The Labute approximate surface area is 230 Å². The molecule has 0 radical (unpaired) electrons. The molecule has 0 saturated carbocycles. The van der Waals surface area contributed by atoms with Crippen LogP contribution in [0, 0.1) is 6.92 Å². The quantitative estimate of drug-likeness (QED) is 0.125. The van der Waals surface area contributed by atoms with E-state index in [1.165, 1.54) is 24.3 Å². The molecule has 0 aliphatic rings. The number of aryl methyl sites for hydroxylation is 1. The van der Waals surface area contributed by atoms with Crippen LogP contribution in [-0.2, 0) is 26.8 Å². The zero-order valence-electron chi connectivity index (χ0n) is 20.9. The van der Waals surface area contributed by atoms with Gasteiger partial charge in [0.2, 0.25) is 0 Å². The molecule has 4 N–H and O–H groups in total. The molecule has 4 rings (SSSR count). The van der Waals surface area contributed by atoms with Crippen LogP contribution in [0.5, 0.6) is 5.75 Å². The molecule has 0 aliphatic carbocycles. The molecule has 14 heteroatoms. The van der Waals surface area contributed by atoms with Crippen LogP contribution in [-0.4, -0.2) is 31.0 Å². The van der Waals surface area contributed by atoms with Crippen molar-refractivity contribution < 1.29 is 31.0 Å². The van der Waals surface area contributed by atoms with Gasteiger partial charge in [-0.2, -0.15) is 37.3 Å². The van der Waals surface area contributed by atoms with E-state index in [1.807, 2.05) is 0 Å². The monoisotopic (exact) mass is 581 g/mol. The van der Waals surface area contributed by atoms with Crippen LogP contribution >= 0.6 is 0 Å². The van der Waals surface area contributed by atoms with Gasteiger partial charge in [-0.15, -0.1) is 0 Å². The summed E-state index contributed by atoms with van der Waals surface area (Å²) in [5.41, 5.74) is 3.20. The Morgan fingerprint density at radius 3 is 1.70 bits per heavy atom. The molecule has 40 heavy (non-hydrogen) atoms. The van der Waals surface area contributed by atoms with Crippen molar-refractivity contribution >= 4 is 48.7 Å². The summed E-state index contributed by atoms with van der Waals surface area (Å²) >= 11 is 0. The molecule has 12 nitrogen and oxygen atoms in total. The van der Waals surface area contributed by atoms with E-state index < -0.39 is 25.1 Å². The Morgan fingerprint density at radius 1 is 0.650 bits per heavy atom. The molecule has 0 unspecified atom stereocenters. The maximum atomic E-state index is 12.0. The molecular weight excluding hydrogens is 558 g/mol. The normalized spacial score (nSPS) is 12.3. The van der Waals surface area contributed by atoms with Crippen LogP contribution < -0.4 is 5.32 Å². The van der Waals surface area contributed by atoms with Crippen molar-refractivity contribution in [3.05, 3.63) is 96.1 Å². The second-order valence-corrected chi connectivity index (χ2v) is 11.3. The molecule has 0 amide bonds. The Balaban J connectivity index is 1.45. The van der Waals surface area contributed by atoms with Crippen molar-refractivity contribution in [3.63, 3.8) is 0 Å². The van der Waals surface area contributed by atoms with Gasteiger partial charge in [-0.1, -0.05) is 12.1 Å². The molecule has 0 aromatic heterocycles. The number of aromatic hydroxyl groups is 1. The van der Waals surface area contributed by atoms with E-state index in [1.54, 1.807) is 49.4 Å². The Morgan fingerprint density at radius 2 is 1.15 bits per heavy atom. The molecule has 0 fully saturated rings. The highest BCUT2D eigenvalue weighted by Gasteiger charge is 2.16. The van der Waals surface area contributed by atoms with E-state index in [9.17, 15) is 26.5 Å². The third kappa shape index (κ3) is 7.54. The van der Waals surface area contributed by atoms with Crippen LogP contribution in [0.4, 0.5) is 28.4 Å². The highest BCUT2D eigenvalue weighted by Crippen LogP contribution is 2.29. The van der Waals surface area contributed by atoms with Crippen molar-refractivity contribution in [1.29, 1.82) is 0 Å². The first-order valence-electron chi connectivity index (χ1n) is 11.5. The fraction of sp³-hybridized carbons (Fsp3) is 0.0769. The van der Waals surface area contributed by atoms with E-state index in [0.29, 0.717) is 16.9 Å². The lowest BCUT2D eigenvalue weighted by Gasteiger charge is -2.11. The number of rotatable bonds is 9. The van der Waals surface area contributed by atoms with Gasteiger partial charge in [-0.05, 0) is 90.8 Å². The van der Waals surface area contributed by atoms with Gasteiger partial charge in [0.1, 0.15) is 10.6 Å². The van der Waals surface area contributed by atoms with Crippen molar-refractivity contribution in [1.82, 2.24) is 0 Å². The summed E-state index contributed by atoms with van der Waals surface area (Å²) in [5.74, 6) is 0.179. The Kier molecular flexibility index (Phi) is 8.35. The molecule has 0 spiro atoms. The van der Waals surface area contributed by atoms with Crippen LogP contribution in [0.25, 0.3) is 0 Å². The molecule has 4 aromatic rings. The van der Waals surface area contributed by atoms with E-state index >= 15 is 0 Å². The average molecular weight is 582 g/mol. The first-order valence-corrected chi connectivity index (χ1v) is 14.4. The maximum absolute atomic E-state index is 12.0. The fourth-order valence-electron chi connectivity index (χ4n) is 3.43. The molecule has 0 saturated heterocycles. The summed E-state index contributed by atoms with van der Waals surface area (Å²) in [7, 11) is -8.96. The molecule has 0 heterocycles. The number of hydrogen-bond acceptors (Lipinski definition) is 10. The van der Waals surface area contributed by atoms with Gasteiger partial charge in [0.25, 0.3) is 20.2 Å². The predicted molar refractivity (Wildman–Crippen MR) is 147 cm³/mol. The predicted octanol–water partition coefficient (Wildman–Crippen LogP) is 6.64. The third-order valence-corrected chi connectivity index (χ3v) is 7.30. The number of phenols is 1. The number of hydrogen-bond donors (Lipinski definition) is 4. The van der Waals surface area contributed by atoms with Crippen LogP contribution in [0.1, 0.15) is 11.1 Å². The van der Waals surface area contributed by atoms with Gasteiger partial charge in [0, 0.05) is 6.54 Å². The minimum Gasteiger partial charge on any atom is -0.508 e. The smallest absolute Gasteiger partial charge is 0.296 e. The maximum Gasteiger partial charge on any atom is 0.296 e. The Hall–Kier alpha value is -4.50. The van der Waals surface area contributed by atoms with Crippen LogP contribution in [0.2, 0.25) is 0 Å². The minimum absolute atomic E-state index is 0.121. The first-order chi connectivity index (χ1) is 18.9. The summed E-state index contributed by atoms with van der Waals surface area (Å²) < 4.78 is 65.1. The lowest BCUT2D eigenvalue weighted by molar-refractivity contribution is 0.471. The first kappa shape index (κ1) is 28.5. The van der Waals surface area contributed by atoms with Crippen molar-refractivity contribution in [2.45, 2.75) is 23.3 Å². The van der Waals surface area contributed by atoms with E-state index in [2.05, 4.69) is 25.8 Å². The van der Waals surface area contributed by atoms with E-state index in [0.717, 1.165) is 23.8 Å². The fourth-order valence-corrected chi connectivity index (χ4v) is 4.60. The summed E-state index contributed by atoms with van der Waals surface area (Å²) in [6.07, 6.45) is 0. The largest absolute Gasteiger partial charge is 0.508 e. The summed E-state index contributed by atoms with van der Waals surface area (Å²) in [5, 5.41) is 28.8. The second-order valence-electron chi connectivity index (χ2n) is 8.52. The number of azo groups is 2.